The van der Waals surface area contributed by atoms with E-state index < -0.39 is 14.9 Å². The molecule has 2 aromatic rings. The highest BCUT2D eigenvalue weighted by Crippen LogP contribution is 2.49. The topological polar surface area (TPSA) is 107 Å². The summed E-state index contributed by atoms with van der Waals surface area (Å²) in [7, 11) is -2.30. The Hall–Kier alpha value is -2.45. The summed E-state index contributed by atoms with van der Waals surface area (Å²) >= 11 is 0. The fourth-order valence-electron chi connectivity index (χ4n) is 3.18. The SMILES string of the molecule is CN(CC1(c2ccccc2)CC1)c1ccc([N+](=O)[O-])cc1S(N)(=O)=O. The summed E-state index contributed by atoms with van der Waals surface area (Å²) in [6, 6.07) is 13.8. The third-order valence-electron chi connectivity index (χ3n) is 4.65. The first-order chi connectivity index (χ1) is 11.7. The maximum atomic E-state index is 11.9. The van der Waals surface area contributed by atoms with Gasteiger partial charge in [-0.2, -0.15) is 0 Å². The van der Waals surface area contributed by atoms with Crippen LogP contribution in [-0.4, -0.2) is 26.9 Å². The van der Waals surface area contributed by atoms with E-state index in [1.165, 1.54) is 17.7 Å². The lowest BCUT2D eigenvalue weighted by atomic mass is 9.95. The third kappa shape index (κ3) is 3.49. The number of primary sulfonamides is 1. The van der Waals surface area contributed by atoms with Crippen molar-refractivity contribution >= 4 is 21.4 Å². The van der Waals surface area contributed by atoms with Crippen LogP contribution in [0.25, 0.3) is 0 Å². The molecule has 7 nitrogen and oxygen atoms in total. The maximum Gasteiger partial charge on any atom is 0.270 e. The molecule has 1 aliphatic carbocycles. The van der Waals surface area contributed by atoms with Crippen molar-refractivity contribution in [2.24, 2.45) is 5.14 Å². The molecule has 2 N–H and O–H groups in total. The molecule has 0 saturated heterocycles. The molecule has 0 heterocycles. The lowest BCUT2D eigenvalue weighted by molar-refractivity contribution is -0.385. The lowest BCUT2D eigenvalue weighted by Gasteiger charge is -2.27. The first-order valence-corrected chi connectivity index (χ1v) is 9.35. The quantitative estimate of drug-likeness (QED) is 0.628. The van der Waals surface area contributed by atoms with Gasteiger partial charge in [0.2, 0.25) is 10.0 Å². The molecule has 25 heavy (non-hydrogen) atoms. The Balaban J connectivity index is 1.95. The minimum Gasteiger partial charge on any atom is -0.373 e. The fourth-order valence-corrected chi connectivity index (χ4v) is 3.98. The number of anilines is 1. The number of nitro groups is 1. The van der Waals surface area contributed by atoms with Gasteiger partial charge in [-0.05, 0) is 24.5 Å². The molecule has 1 saturated carbocycles. The number of likely N-dealkylation sites (N-methyl/N-ethyl adjacent to an activating group) is 1. The molecular weight excluding hydrogens is 342 g/mol. The highest BCUT2D eigenvalue weighted by molar-refractivity contribution is 7.89. The molecule has 132 valence electrons. The van der Waals surface area contributed by atoms with Crippen LogP contribution in [0.5, 0.6) is 0 Å². The molecule has 0 radical (unpaired) electrons. The molecular formula is C17H19N3O4S. The summed E-state index contributed by atoms with van der Waals surface area (Å²) in [4.78, 5) is 11.9. The first kappa shape index (κ1) is 17.4. The van der Waals surface area contributed by atoms with Crippen LogP contribution in [0.3, 0.4) is 0 Å². The summed E-state index contributed by atoms with van der Waals surface area (Å²) in [6.45, 7) is 0.608. The zero-order valence-corrected chi connectivity index (χ0v) is 14.6. The van der Waals surface area contributed by atoms with Gasteiger partial charge in [0.25, 0.3) is 5.69 Å². The van der Waals surface area contributed by atoms with Crippen LogP contribution in [0.15, 0.2) is 53.4 Å². The number of hydrogen-bond donors (Lipinski definition) is 1. The zero-order chi connectivity index (χ0) is 18.2. The van der Waals surface area contributed by atoms with Crippen molar-refractivity contribution in [1.29, 1.82) is 0 Å². The van der Waals surface area contributed by atoms with Gasteiger partial charge in [-0.25, -0.2) is 13.6 Å². The number of non-ortho nitro benzene ring substituents is 1. The van der Waals surface area contributed by atoms with Crippen LogP contribution >= 0.6 is 0 Å². The minimum absolute atomic E-state index is 0.0204. The van der Waals surface area contributed by atoms with Crippen molar-refractivity contribution in [1.82, 2.24) is 0 Å². The van der Waals surface area contributed by atoms with Crippen molar-refractivity contribution in [3.8, 4) is 0 Å². The normalized spacial score (nSPS) is 15.6. The number of hydrogen-bond acceptors (Lipinski definition) is 5. The zero-order valence-electron chi connectivity index (χ0n) is 13.8. The molecule has 1 fully saturated rings. The predicted molar refractivity (Wildman–Crippen MR) is 95.1 cm³/mol. The van der Waals surface area contributed by atoms with Gasteiger partial charge in [-0.3, -0.25) is 10.1 Å². The number of nitrogens with two attached hydrogens (primary N) is 1. The van der Waals surface area contributed by atoms with Gasteiger partial charge in [0.1, 0.15) is 4.90 Å². The van der Waals surface area contributed by atoms with Crippen LogP contribution in [0, 0.1) is 10.1 Å². The van der Waals surface area contributed by atoms with E-state index in [0.29, 0.717) is 12.2 Å². The predicted octanol–water partition coefficient (Wildman–Crippen LogP) is 2.41. The molecule has 1 aliphatic rings. The van der Waals surface area contributed by atoms with Crippen molar-refractivity contribution in [3.63, 3.8) is 0 Å². The highest BCUT2D eigenvalue weighted by atomic mass is 32.2. The number of nitrogens with zero attached hydrogens (tertiary/aromatic N) is 2. The monoisotopic (exact) mass is 361 g/mol. The molecule has 0 aromatic heterocycles. The summed E-state index contributed by atoms with van der Waals surface area (Å²) in [5.41, 5.74) is 1.26. The van der Waals surface area contributed by atoms with Crippen LogP contribution < -0.4 is 10.0 Å². The standard InChI is InChI=1S/C17H19N3O4S/c1-19(12-17(9-10-17)13-5-3-2-4-6-13)15-8-7-14(20(21)22)11-16(15)25(18,23)24/h2-8,11H,9-10,12H2,1H3,(H2,18,23,24). The molecule has 0 atom stereocenters. The van der Waals surface area contributed by atoms with E-state index in [4.69, 9.17) is 5.14 Å². The highest BCUT2D eigenvalue weighted by Gasteiger charge is 2.45. The lowest BCUT2D eigenvalue weighted by Crippen LogP contribution is -2.31. The van der Waals surface area contributed by atoms with E-state index in [1.807, 2.05) is 23.1 Å². The van der Waals surface area contributed by atoms with Gasteiger partial charge in [0, 0.05) is 31.1 Å². The van der Waals surface area contributed by atoms with E-state index in [1.54, 1.807) is 7.05 Å². The van der Waals surface area contributed by atoms with Gasteiger partial charge in [0.05, 0.1) is 10.6 Å². The van der Waals surface area contributed by atoms with E-state index >= 15 is 0 Å². The summed E-state index contributed by atoms with van der Waals surface area (Å²) < 4.78 is 23.8. The van der Waals surface area contributed by atoms with E-state index in [9.17, 15) is 18.5 Å². The molecule has 8 heteroatoms. The molecule has 3 rings (SSSR count). The second-order valence-electron chi connectivity index (χ2n) is 6.46. The molecule has 0 aliphatic heterocycles. The number of rotatable bonds is 6. The number of benzene rings is 2. The summed E-state index contributed by atoms with van der Waals surface area (Å²) in [6.07, 6.45) is 2.03. The van der Waals surface area contributed by atoms with Gasteiger partial charge < -0.3 is 4.90 Å². The van der Waals surface area contributed by atoms with E-state index in [-0.39, 0.29) is 16.0 Å². The Labute approximate surface area is 146 Å². The third-order valence-corrected chi connectivity index (χ3v) is 5.59. The first-order valence-electron chi connectivity index (χ1n) is 7.81. The second kappa shape index (κ2) is 6.12. The minimum atomic E-state index is -4.08. The smallest absolute Gasteiger partial charge is 0.270 e. The van der Waals surface area contributed by atoms with E-state index in [2.05, 4.69) is 12.1 Å². The Bertz CT molecular complexity index is 909. The van der Waals surface area contributed by atoms with Crippen molar-refractivity contribution in [3.05, 3.63) is 64.2 Å². The number of sulfonamides is 1. The van der Waals surface area contributed by atoms with Crippen molar-refractivity contribution < 1.29 is 13.3 Å². The van der Waals surface area contributed by atoms with E-state index in [0.717, 1.165) is 18.9 Å². The average molecular weight is 361 g/mol. The second-order valence-corrected chi connectivity index (χ2v) is 7.99. The molecule has 0 amide bonds. The van der Waals surface area contributed by atoms with Gasteiger partial charge in [-0.15, -0.1) is 0 Å². The molecule has 2 aromatic carbocycles. The average Bonchev–Trinajstić information content (AvgIpc) is 3.35. The Morgan fingerprint density at radius 3 is 2.36 bits per heavy atom. The molecule has 0 spiro atoms. The van der Waals surface area contributed by atoms with Gasteiger partial charge >= 0.3 is 0 Å². The Morgan fingerprint density at radius 2 is 1.84 bits per heavy atom. The van der Waals surface area contributed by atoms with Gasteiger partial charge in [0.15, 0.2) is 0 Å². The van der Waals surface area contributed by atoms with Crippen LogP contribution in [0.2, 0.25) is 0 Å². The maximum absolute atomic E-state index is 11.9. The van der Waals surface area contributed by atoms with Crippen LogP contribution in [-0.2, 0) is 15.4 Å². The molecule has 0 bridgehead atoms. The Kier molecular flexibility index (Phi) is 4.26. The summed E-state index contributed by atoms with van der Waals surface area (Å²) in [5, 5.41) is 16.2. The molecule has 0 unspecified atom stereocenters. The Morgan fingerprint density at radius 1 is 1.20 bits per heavy atom. The van der Waals surface area contributed by atoms with Gasteiger partial charge in [-0.1, -0.05) is 30.3 Å². The van der Waals surface area contributed by atoms with Crippen LogP contribution in [0.4, 0.5) is 11.4 Å². The fraction of sp³-hybridized carbons (Fsp3) is 0.294. The number of nitro benzene ring substituents is 1. The summed E-state index contributed by atoms with van der Waals surface area (Å²) in [5.74, 6) is 0. The largest absolute Gasteiger partial charge is 0.373 e. The van der Waals surface area contributed by atoms with Crippen LogP contribution in [0.1, 0.15) is 18.4 Å². The van der Waals surface area contributed by atoms with Crippen molar-refractivity contribution in [2.75, 3.05) is 18.5 Å². The van der Waals surface area contributed by atoms with Crippen molar-refractivity contribution in [2.45, 2.75) is 23.2 Å².